The van der Waals surface area contributed by atoms with Gasteiger partial charge in [-0.2, -0.15) is 0 Å². The van der Waals surface area contributed by atoms with Gasteiger partial charge in [0.05, 0.1) is 0 Å². The number of carbonyl (C=O) groups excluding carboxylic acids is 3. The van der Waals surface area contributed by atoms with E-state index in [0.29, 0.717) is 19.3 Å². The molecule has 1 unspecified atom stereocenters. The maximum Gasteiger partial charge on any atom is 0.306 e. The molecule has 424 valence electrons. The van der Waals surface area contributed by atoms with Crippen LogP contribution in [0, 0.1) is 0 Å². The summed E-state index contributed by atoms with van der Waals surface area (Å²) in [6.45, 7) is 6.28. The van der Waals surface area contributed by atoms with Crippen molar-refractivity contribution in [3.05, 3.63) is 134 Å². The highest BCUT2D eigenvalue weighted by Crippen LogP contribution is 2.15. The minimum absolute atomic E-state index is 0.0975. The second-order valence-corrected chi connectivity index (χ2v) is 19.8. The summed E-state index contributed by atoms with van der Waals surface area (Å²) in [5.41, 5.74) is 0. The predicted molar refractivity (Wildman–Crippen MR) is 325 cm³/mol. The smallest absolute Gasteiger partial charge is 0.306 e. The van der Waals surface area contributed by atoms with E-state index in [1.165, 1.54) is 83.5 Å². The fraction of sp³-hybridized carbons (Fsp3) is 0.638. The quantitative estimate of drug-likeness (QED) is 0.0261. The zero-order valence-electron chi connectivity index (χ0n) is 48.5. The van der Waals surface area contributed by atoms with Crippen molar-refractivity contribution in [3.8, 4) is 0 Å². The molecule has 6 heteroatoms. The number of carbonyl (C=O) groups is 3. The molecule has 0 bridgehead atoms. The average molecular weight is 1040 g/mol. The third-order valence-corrected chi connectivity index (χ3v) is 12.6. The molecule has 0 aromatic rings. The molecule has 0 aliphatic rings. The summed E-state index contributed by atoms with van der Waals surface area (Å²) in [7, 11) is 0. The minimum Gasteiger partial charge on any atom is -0.462 e. The Morgan fingerprint density at radius 2 is 0.480 bits per heavy atom. The summed E-state index contributed by atoms with van der Waals surface area (Å²) >= 11 is 0. The van der Waals surface area contributed by atoms with Gasteiger partial charge < -0.3 is 14.2 Å². The number of hydrogen-bond acceptors (Lipinski definition) is 6. The molecule has 0 spiro atoms. The first-order valence-electron chi connectivity index (χ1n) is 30.7. The molecule has 0 radical (unpaired) electrons. The van der Waals surface area contributed by atoms with Crippen LogP contribution < -0.4 is 0 Å². The molecule has 0 aromatic carbocycles. The van der Waals surface area contributed by atoms with Crippen molar-refractivity contribution in [1.82, 2.24) is 0 Å². The van der Waals surface area contributed by atoms with Gasteiger partial charge in [0.15, 0.2) is 6.10 Å². The van der Waals surface area contributed by atoms with E-state index in [2.05, 4.69) is 154 Å². The van der Waals surface area contributed by atoms with E-state index in [4.69, 9.17) is 14.2 Å². The summed E-state index contributed by atoms with van der Waals surface area (Å²) in [4.78, 5) is 38.3. The van der Waals surface area contributed by atoms with Crippen LogP contribution in [0.15, 0.2) is 134 Å². The Labute approximate surface area is 462 Å². The minimum atomic E-state index is -0.804. The number of rotatable bonds is 54. The summed E-state index contributed by atoms with van der Waals surface area (Å²) < 4.78 is 16.9. The topological polar surface area (TPSA) is 78.9 Å². The molecule has 0 aromatic heterocycles. The highest BCUT2D eigenvalue weighted by molar-refractivity contribution is 5.71. The molecule has 0 aliphatic carbocycles. The van der Waals surface area contributed by atoms with Crippen molar-refractivity contribution >= 4 is 17.9 Å². The summed E-state index contributed by atoms with van der Waals surface area (Å²) in [6, 6.07) is 0. The van der Waals surface area contributed by atoms with Gasteiger partial charge in [-0.15, -0.1) is 0 Å². The first-order valence-corrected chi connectivity index (χ1v) is 30.7. The van der Waals surface area contributed by atoms with E-state index in [-0.39, 0.29) is 31.1 Å². The standard InChI is InChI=1S/C69H112O6/c1-4-7-10-13-16-19-22-25-28-31-34-37-40-43-46-49-52-55-58-61-67(70)73-64-66(75-69(72)63-60-57-54-51-48-45-42-39-36-33-30-27-24-21-18-15-12-9-6-3)65-74-68(71)62-59-56-53-50-47-44-41-38-35-32-29-26-23-20-17-14-11-8-5-2/h7-12,16-21,25-30,34,37,43,46,66H,4-6,13-15,22-24,31-33,35-36,38-42,44-45,47-65H2,1-3H3/b10-7-,11-8-,12-9-,19-16-,20-17-,21-18-,28-25-,29-26-,30-27-,37-34-,46-43-. The van der Waals surface area contributed by atoms with Crippen molar-refractivity contribution in [3.63, 3.8) is 0 Å². The lowest BCUT2D eigenvalue weighted by molar-refractivity contribution is -0.167. The molecule has 0 N–H and O–H groups in total. The molecule has 0 heterocycles. The number of esters is 3. The molecule has 75 heavy (non-hydrogen) atoms. The average Bonchev–Trinajstić information content (AvgIpc) is 3.41. The van der Waals surface area contributed by atoms with Crippen molar-refractivity contribution in [2.24, 2.45) is 0 Å². The molecule has 0 rings (SSSR count). The van der Waals surface area contributed by atoms with Crippen LogP contribution in [0.5, 0.6) is 0 Å². The van der Waals surface area contributed by atoms with Crippen molar-refractivity contribution in [2.45, 2.75) is 271 Å². The van der Waals surface area contributed by atoms with Crippen LogP contribution in [-0.2, 0) is 28.6 Å². The van der Waals surface area contributed by atoms with Gasteiger partial charge in [0.1, 0.15) is 13.2 Å². The SMILES string of the molecule is CC/C=C\C/C=C\C/C=C\C/C=C\C/C=C\CCCCCC(=O)OCC(COC(=O)CCCCCCCCCCC/C=C\C/C=C\C/C=C\CC)OC(=O)CCCCCCCCCCC/C=C\C/C=C\C/C=C\CC. The Morgan fingerprint density at radius 3 is 0.760 bits per heavy atom. The van der Waals surface area contributed by atoms with E-state index in [1.54, 1.807) is 0 Å². The monoisotopic (exact) mass is 1040 g/mol. The van der Waals surface area contributed by atoms with E-state index >= 15 is 0 Å². The number of allylic oxidation sites excluding steroid dienone is 22. The van der Waals surface area contributed by atoms with Crippen molar-refractivity contribution < 1.29 is 28.6 Å². The van der Waals surface area contributed by atoms with E-state index < -0.39 is 6.10 Å². The van der Waals surface area contributed by atoms with Crippen molar-refractivity contribution in [2.75, 3.05) is 13.2 Å². The third-order valence-electron chi connectivity index (χ3n) is 12.6. The zero-order chi connectivity index (χ0) is 54.3. The summed E-state index contributed by atoms with van der Waals surface area (Å²) in [6.07, 6.45) is 87.3. The van der Waals surface area contributed by atoms with Gasteiger partial charge in [0.25, 0.3) is 0 Å². The van der Waals surface area contributed by atoms with Crippen LogP contribution in [0.3, 0.4) is 0 Å². The molecular formula is C69H112O6. The maximum atomic E-state index is 12.9. The van der Waals surface area contributed by atoms with E-state index in [9.17, 15) is 14.4 Å². The number of hydrogen-bond donors (Lipinski definition) is 0. The zero-order valence-corrected chi connectivity index (χ0v) is 48.5. The first kappa shape index (κ1) is 70.5. The van der Waals surface area contributed by atoms with Crippen molar-refractivity contribution in [1.29, 1.82) is 0 Å². The number of unbranched alkanes of at least 4 members (excludes halogenated alkanes) is 21. The lowest BCUT2D eigenvalue weighted by Crippen LogP contribution is -2.30. The van der Waals surface area contributed by atoms with Gasteiger partial charge in [-0.05, 0) is 128 Å². The Morgan fingerprint density at radius 1 is 0.267 bits per heavy atom. The normalized spacial score (nSPS) is 13.1. The molecule has 1 atom stereocenters. The molecule has 6 nitrogen and oxygen atoms in total. The van der Waals surface area contributed by atoms with Gasteiger partial charge in [0, 0.05) is 19.3 Å². The van der Waals surface area contributed by atoms with Crippen LogP contribution in [-0.4, -0.2) is 37.2 Å². The molecule has 0 amide bonds. The third kappa shape index (κ3) is 60.3. The second-order valence-electron chi connectivity index (χ2n) is 19.8. The van der Waals surface area contributed by atoms with Crippen LogP contribution in [0.2, 0.25) is 0 Å². The second kappa shape index (κ2) is 62.1. The summed E-state index contributed by atoms with van der Waals surface area (Å²) in [5, 5.41) is 0. The molecule has 0 saturated carbocycles. The van der Waals surface area contributed by atoms with Gasteiger partial charge in [0.2, 0.25) is 0 Å². The Kier molecular flexibility index (Phi) is 58.4. The highest BCUT2D eigenvalue weighted by atomic mass is 16.6. The fourth-order valence-corrected chi connectivity index (χ4v) is 8.15. The van der Waals surface area contributed by atoms with Gasteiger partial charge in [-0.1, -0.05) is 251 Å². The fourth-order valence-electron chi connectivity index (χ4n) is 8.15. The lowest BCUT2D eigenvalue weighted by atomic mass is 10.1. The molecule has 0 fully saturated rings. The van der Waals surface area contributed by atoms with Gasteiger partial charge >= 0.3 is 17.9 Å². The van der Waals surface area contributed by atoms with Gasteiger partial charge in [-0.25, -0.2) is 0 Å². The van der Waals surface area contributed by atoms with Crippen LogP contribution >= 0.6 is 0 Å². The predicted octanol–water partition coefficient (Wildman–Crippen LogP) is 21.0. The van der Waals surface area contributed by atoms with Crippen LogP contribution in [0.25, 0.3) is 0 Å². The Bertz CT molecular complexity index is 1620. The lowest BCUT2D eigenvalue weighted by Gasteiger charge is -2.18. The van der Waals surface area contributed by atoms with E-state index in [1.807, 2.05) is 0 Å². The largest absolute Gasteiger partial charge is 0.462 e. The van der Waals surface area contributed by atoms with E-state index in [0.717, 1.165) is 141 Å². The van der Waals surface area contributed by atoms with Crippen LogP contribution in [0.1, 0.15) is 265 Å². The first-order chi connectivity index (χ1) is 37.0. The summed E-state index contributed by atoms with van der Waals surface area (Å²) in [5.74, 6) is -0.940. The maximum absolute atomic E-state index is 12.9. The van der Waals surface area contributed by atoms with Gasteiger partial charge in [-0.3, -0.25) is 14.4 Å². The molecule has 0 saturated heterocycles. The Balaban J connectivity index is 4.48. The highest BCUT2D eigenvalue weighted by Gasteiger charge is 2.19. The molecular weight excluding hydrogens is 925 g/mol. The molecule has 0 aliphatic heterocycles. The van der Waals surface area contributed by atoms with Crippen LogP contribution in [0.4, 0.5) is 0 Å². The number of ether oxygens (including phenoxy) is 3. The Hall–Kier alpha value is -4.45.